The summed E-state index contributed by atoms with van der Waals surface area (Å²) in [5, 5.41) is 9.03. The summed E-state index contributed by atoms with van der Waals surface area (Å²) in [4.78, 5) is 31.9. The summed E-state index contributed by atoms with van der Waals surface area (Å²) < 4.78 is 19.3. The Bertz CT molecular complexity index is 1610. The van der Waals surface area contributed by atoms with Crippen LogP contribution in [0.5, 0.6) is 11.5 Å². The van der Waals surface area contributed by atoms with Crippen LogP contribution in [-0.4, -0.2) is 30.9 Å². The van der Waals surface area contributed by atoms with Crippen molar-refractivity contribution < 1.29 is 19.0 Å². The zero-order valence-corrected chi connectivity index (χ0v) is 23.7. The highest BCUT2D eigenvalue weighted by atomic mass is 127. The topological polar surface area (TPSA) is 103 Å². The van der Waals surface area contributed by atoms with Gasteiger partial charge >= 0.3 is 5.97 Å². The second kappa shape index (κ2) is 11.3. The summed E-state index contributed by atoms with van der Waals surface area (Å²) in [5.41, 5.74) is 2.98. The van der Waals surface area contributed by atoms with Gasteiger partial charge in [-0.2, -0.15) is 5.26 Å². The minimum atomic E-state index is -0.683. The van der Waals surface area contributed by atoms with Gasteiger partial charge in [0, 0.05) is 9.13 Å². The Labute approximate surface area is 231 Å². The zero-order chi connectivity index (χ0) is 26.7. The van der Waals surface area contributed by atoms with Gasteiger partial charge in [0.05, 0.1) is 35.6 Å². The number of ether oxygens (including phenoxy) is 3. The fourth-order valence-corrected chi connectivity index (χ4v) is 5.76. The van der Waals surface area contributed by atoms with Gasteiger partial charge < -0.3 is 14.2 Å². The van der Waals surface area contributed by atoms with Gasteiger partial charge in [0.1, 0.15) is 6.07 Å². The quantitative estimate of drug-likeness (QED) is 0.292. The lowest BCUT2D eigenvalue weighted by atomic mass is 9.95. The van der Waals surface area contributed by atoms with E-state index in [9.17, 15) is 9.59 Å². The smallest absolute Gasteiger partial charge is 0.338 e. The van der Waals surface area contributed by atoms with Crippen molar-refractivity contribution in [2.45, 2.75) is 26.8 Å². The highest BCUT2D eigenvalue weighted by Gasteiger charge is 2.33. The number of aromatic nitrogens is 1. The van der Waals surface area contributed by atoms with Crippen LogP contribution in [0.2, 0.25) is 0 Å². The van der Waals surface area contributed by atoms with E-state index in [0.717, 1.165) is 14.7 Å². The number of carbonyl (C=O) groups is 1. The van der Waals surface area contributed by atoms with E-state index in [0.29, 0.717) is 37.7 Å². The molecule has 0 saturated carbocycles. The van der Waals surface area contributed by atoms with Crippen molar-refractivity contribution in [1.82, 2.24) is 4.57 Å². The van der Waals surface area contributed by atoms with Gasteiger partial charge in [-0.05, 0) is 67.1 Å². The molecule has 1 aliphatic heterocycles. The molecule has 0 unspecified atom stereocenters. The molecule has 0 N–H and O–H groups in total. The molecule has 0 bridgehead atoms. The largest absolute Gasteiger partial charge is 0.493 e. The lowest BCUT2D eigenvalue weighted by Gasteiger charge is -2.24. The molecule has 2 aromatic carbocycles. The van der Waals surface area contributed by atoms with Crippen LogP contribution in [-0.2, 0) is 9.53 Å². The third-order valence-electron chi connectivity index (χ3n) is 5.75. The second-order valence-corrected chi connectivity index (χ2v) is 10.4. The van der Waals surface area contributed by atoms with E-state index < -0.39 is 12.0 Å². The van der Waals surface area contributed by atoms with Crippen molar-refractivity contribution in [3.8, 4) is 17.6 Å². The molecule has 0 spiro atoms. The lowest BCUT2D eigenvalue weighted by Crippen LogP contribution is -2.39. The lowest BCUT2D eigenvalue weighted by molar-refractivity contribution is -0.139. The van der Waals surface area contributed by atoms with Crippen molar-refractivity contribution in [2.24, 2.45) is 4.99 Å². The minimum absolute atomic E-state index is 0.172. The number of allylic oxidation sites excluding steroid dienone is 1. The van der Waals surface area contributed by atoms with Crippen LogP contribution in [0.4, 0.5) is 0 Å². The number of benzene rings is 2. The Balaban J connectivity index is 1.97. The van der Waals surface area contributed by atoms with Crippen LogP contribution >= 0.6 is 33.9 Å². The van der Waals surface area contributed by atoms with Crippen molar-refractivity contribution in [3.63, 3.8) is 0 Å². The molecule has 4 rings (SSSR count). The molecule has 0 amide bonds. The summed E-state index contributed by atoms with van der Waals surface area (Å²) in [6.07, 6.45) is 1.71. The van der Waals surface area contributed by atoms with E-state index in [1.165, 1.54) is 18.4 Å². The van der Waals surface area contributed by atoms with E-state index in [1.54, 1.807) is 30.6 Å². The molecule has 10 heteroatoms. The molecule has 0 radical (unpaired) electrons. The number of carbonyl (C=O) groups excluding carboxylic acids is 1. The van der Waals surface area contributed by atoms with Gasteiger partial charge in [0.2, 0.25) is 0 Å². The highest BCUT2D eigenvalue weighted by molar-refractivity contribution is 14.1. The molecule has 8 nitrogen and oxygen atoms in total. The molecular weight excluding hydrogens is 605 g/mol. The van der Waals surface area contributed by atoms with Crippen molar-refractivity contribution in [2.75, 3.05) is 20.3 Å². The number of aryl methyl sites for hydroxylation is 1. The number of nitrogens with zero attached hydrogens (tertiary/aromatic N) is 3. The number of thiazole rings is 1. The van der Waals surface area contributed by atoms with E-state index in [1.807, 2.05) is 43.3 Å². The van der Waals surface area contributed by atoms with Gasteiger partial charge in [0.25, 0.3) is 5.56 Å². The molecular formula is C27H24IN3O5S. The average molecular weight is 629 g/mol. The van der Waals surface area contributed by atoms with Crippen LogP contribution in [0, 0.1) is 21.8 Å². The van der Waals surface area contributed by atoms with E-state index in [4.69, 9.17) is 19.5 Å². The molecule has 1 aromatic heterocycles. The Hall–Kier alpha value is -3.43. The fourth-order valence-electron chi connectivity index (χ4n) is 4.10. The van der Waals surface area contributed by atoms with Gasteiger partial charge in [-0.3, -0.25) is 9.36 Å². The van der Waals surface area contributed by atoms with Gasteiger partial charge in [-0.25, -0.2) is 9.79 Å². The molecule has 190 valence electrons. The van der Waals surface area contributed by atoms with E-state index in [-0.39, 0.29) is 18.8 Å². The number of rotatable bonds is 7. The Morgan fingerprint density at radius 1 is 1.27 bits per heavy atom. The molecule has 1 aliphatic rings. The fraction of sp³-hybridized carbons (Fsp3) is 0.259. The predicted octanol–water partition coefficient (Wildman–Crippen LogP) is 3.62. The van der Waals surface area contributed by atoms with Gasteiger partial charge in [-0.15, -0.1) is 0 Å². The molecule has 2 heterocycles. The first-order valence-corrected chi connectivity index (χ1v) is 13.3. The van der Waals surface area contributed by atoms with Gasteiger partial charge in [0.15, 0.2) is 22.9 Å². The number of halogens is 1. The summed E-state index contributed by atoms with van der Waals surface area (Å²) in [6.45, 7) is 5.51. The first kappa shape index (κ1) is 26.6. The van der Waals surface area contributed by atoms with Crippen LogP contribution in [0.25, 0.3) is 6.08 Å². The molecule has 0 aliphatic carbocycles. The van der Waals surface area contributed by atoms with Crippen LogP contribution in [0.3, 0.4) is 0 Å². The first-order valence-electron chi connectivity index (χ1n) is 11.4. The molecule has 37 heavy (non-hydrogen) atoms. The minimum Gasteiger partial charge on any atom is -0.493 e. The third kappa shape index (κ3) is 5.33. The number of nitriles is 1. The van der Waals surface area contributed by atoms with Crippen LogP contribution < -0.4 is 24.4 Å². The Morgan fingerprint density at radius 2 is 2.00 bits per heavy atom. The third-order valence-corrected chi connectivity index (χ3v) is 7.35. The van der Waals surface area contributed by atoms with Gasteiger partial charge in [-0.1, -0.05) is 41.2 Å². The number of fused-ring (bicyclic) bond motifs is 1. The SMILES string of the molecule is CCOC(=O)C1=C(C)N=c2s/c(=C\c3cc(I)cc(OC)c3OCC#N)c(=O)n2[C@H]1c1ccc(C)cc1. The summed E-state index contributed by atoms with van der Waals surface area (Å²) >= 11 is 3.37. The average Bonchev–Trinajstić information content (AvgIpc) is 3.17. The standard InChI is InChI=1S/C27H24IN3O5S/c1-5-35-26(33)22-16(3)30-27-31(23(22)17-8-6-15(2)7-9-17)25(32)21(37-27)13-18-12-19(28)14-20(34-4)24(18)36-11-10-29/h6-9,12-14,23H,5,11H2,1-4H3/b21-13-/t23-/m0/s1. The molecule has 3 aromatic rings. The second-order valence-electron chi connectivity index (χ2n) is 8.19. The van der Waals surface area contributed by atoms with E-state index in [2.05, 4.69) is 27.6 Å². The number of hydrogen-bond acceptors (Lipinski definition) is 8. The van der Waals surface area contributed by atoms with E-state index >= 15 is 0 Å². The normalized spacial score (nSPS) is 15.0. The summed E-state index contributed by atoms with van der Waals surface area (Å²) in [6, 6.07) is 12.6. The maximum Gasteiger partial charge on any atom is 0.338 e. The molecule has 0 fully saturated rings. The Morgan fingerprint density at radius 3 is 2.65 bits per heavy atom. The maximum absolute atomic E-state index is 13.8. The number of hydrogen-bond donors (Lipinski definition) is 0. The zero-order valence-electron chi connectivity index (χ0n) is 20.7. The monoisotopic (exact) mass is 629 g/mol. The Kier molecular flexibility index (Phi) is 8.14. The van der Waals surface area contributed by atoms with Crippen LogP contribution in [0.15, 0.2) is 57.5 Å². The number of esters is 1. The van der Waals surface area contributed by atoms with Crippen molar-refractivity contribution >= 4 is 46.0 Å². The molecule has 1 atom stereocenters. The molecule has 0 saturated heterocycles. The summed E-state index contributed by atoms with van der Waals surface area (Å²) in [5.74, 6) is 0.325. The number of methoxy groups -OCH3 is 1. The highest BCUT2D eigenvalue weighted by Crippen LogP contribution is 2.34. The van der Waals surface area contributed by atoms with Crippen molar-refractivity contribution in [1.29, 1.82) is 5.26 Å². The van der Waals surface area contributed by atoms with Crippen molar-refractivity contribution in [3.05, 3.63) is 87.6 Å². The predicted molar refractivity (Wildman–Crippen MR) is 148 cm³/mol. The van der Waals surface area contributed by atoms with Crippen LogP contribution in [0.1, 0.15) is 36.6 Å². The first-order chi connectivity index (χ1) is 17.8. The summed E-state index contributed by atoms with van der Waals surface area (Å²) in [7, 11) is 1.52. The maximum atomic E-state index is 13.8.